The summed E-state index contributed by atoms with van der Waals surface area (Å²) in [5.74, 6) is 0. The van der Waals surface area contributed by atoms with E-state index in [1.807, 2.05) is 0 Å². The van der Waals surface area contributed by atoms with Crippen LogP contribution < -0.4 is 4.90 Å². The van der Waals surface area contributed by atoms with Crippen molar-refractivity contribution >= 4 is 49.8 Å². The third-order valence-corrected chi connectivity index (χ3v) is 12.7. The van der Waals surface area contributed by atoms with Gasteiger partial charge >= 0.3 is 0 Å². The Bertz CT molecular complexity index is 3350. The van der Waals surface area contributed by atoms with E-state index >= 15 is 0 Å². The van der Waals surface area contributed by atoms with Gasteiger partial charge in [-0.15, -0.1) is 0 Å². The molecule has 0 fully saturated rings. The van der Waals surface area contributed by atoms with Crippen LogP contribution in [0.2, 0.25) is 0 Å². The van der Waals surface area contributed by atoms with Crippen LogP contribution in [0.15, 0.2) is 241 Å². The Morgan fingerprint density at radius 2 is 0.918 bits per heavy atom. The molecule has 0 aliphatic heterocycles. The molecule has 1 unspecified atom stereocenters. The average molecular weight is 778 g/mol. The summed E-state index contributed by atoms with van der Waals surface area (Å²) in [4.78, 5) is 2.35. The SMILES string of the molecule is c1ccc(-c2cc(-c3ccccc3)cc(N(c3ccccc3)c3ccc4c(c3)oc3ccc(C5(c6ccccc6)c6ccccc6-c6cc7ccccc7cc65)cc34)c2)cc1. The summed E-state index contributed by atoms with van der Waals surface area (Å²) in [7, 11) is 0. The van der Waals surface area contributed by atoms with Gasteiger partial charge in [-0.05, 0) is 133 Å². The highest BCUT2D eigenvalue weighted by atomic mass is 16.3. The van der Waals surface area contributed by atoms with Crippen molar-refractivity contribution < 1.29 is 4.42 Å². The molecule has 61 heavy (non-hydrogen) atoms. The summed E-state index contributed by atoms with van der Waals surface area (Å²) >= 11 is 0. The lowest BCUT2D eigenvalue weighted by Gasteiger charge is -2.34. The van der Waals surface area contributed by atoms with E-state index in [0.29, 0.717) is 0 Å². The lowest BCUT2D eigenvalue weighted by molar-refractivity contribution is 0.668. The zero-order valence-electron chi connectivity index (χ0n) is 33.4. The Hall–Kier alpha value is -7.94. The first kappa shape index (κ1) is 35.0. The maximum Gasteiger partial charge on any atom is 0.137 e. The van der Waals surface area contributed by atoms with E-state index in [9.17, 15) is 0 Å². The zero-order chi connectivity index (χ0) is 40.3. The van der Waals surface area contributed by atoms with Crippen LogP contribution in [0.5, 0.6) is 0 Å². The van der Waals surface area contributed by atoms with Gasteiger partial charge in [0.15, 0.2) is 0 Å². The molecule has 1 aliphatic carbocycles. The molecule has 0 bridgehead atoms. The van der Waals surface area contributed by atoms with Gasteiger partial charge < -0.3 is 9.32 Å². The van der Waals surface area contributed by atoms with E-state index < -0.39 is 5.41 Å². The van der Waals surface area contributed by atoms with Gasteiger partial charge in [0.1, 0.15) is 11.2 Å². The first-order chi connectivity index (χ1) is 30.2. The van der Waals surface area contributed by atoms with Crippen molar-refractivity contribution in [2.45, 2.75) is 5.41 Å². The number of nitrogens with zero attached hydrogens (tertiary/aromatic N) is 1. The van der Waals surface area contributed by atoms with Gasteiger partial charge in [-0.25, -0.2) is 0 Å². The van der Waals surface area contributed by atoms with Gasteiger partial charge in [0.25, 0.3) is 0 Å². The molecule has 1 aliphatic rings. The molecule has 11 aromatic rings. The summed E-state index contributed by atoms with van der Waals surface area (Å²) in [5, 5.41) is 4.68. The molecule has 286 valence electrons. The Labute approximate surface area is 355 Å². The van der Waals surface area contributed by atoms with Crippen molar-refractivity contribution in [2.24, 2.45) is 0 Å². The van der Waals surface area contributed by atoms with Crippen LogP contribution in [0.1, 0.15) is 22.3 Å². The van der Waals surface area contributed by atoms with Crippen LogP contribution in [-0.4, -0.2) is 0 Å². The number of hydrogen-bond acceptors (Lipinski definition) is 2. The molecular formula is C59H39NO. The Morgan fingerprint density at radius 3 is 1.62 bits per heavy atom. The third kappa shape index (κ3) is 5.64. The van der Waals surface area contributed by atoms with E-state index in [1.54, 1.807) is 0 Å². The second kappa shape index (κ2) is 14.1. The molecule has 0 saturated heterocycles. The van der Waals surface area contributed by atoms with E-state index in [-0.39, 0.29) is 0 Å². The minimum absolute atomic E-state index is 0.528. The maximum absolute atomic E-state index is 6.83. The highest BCUT2D eigenvalue weighted by Gasteiger charge is 2.46. The van der Waals surface area contributed by atoms with Crippen molar-refractivity contribution in [2.75, 3.05) is 4.90 Å². The lowest BCUT2D eigenvalue weighted by Crippen LogP contribution is -2.28. The number of fused-ring (bicyclic) bond motifs is 7. The number of anilines is 3. The van der Waals surface area contributed by atoms with Gasteiger partial charge in [0.05, 0.1) is 5.41 Å². The normalized spacial score (nSPS) is 14.3. The molecule has 2 heteroatoms. The van der Waals surface area contributed by atoms with Crippen LogP contribution in [0.4, 0.5) is 17.1 Å². The van der Waals surface area contributed by atoms with Gasteiger partial charge in [-0.1, -0.05) is 164 Å². The van der Waals surface area contributed by atoms with Crippen LogP contribution in [-0.2, 0) is 5.41 Å². The standard InChI is InChI=1S/C59H39NO/c1-5-17-40(18-6-1)44-33-45(41-19-7-2-8-20-41)35-50(34-44)60(48-25-11-4-12-26-48)49-30-31-52-54-38-47(29-32-57(54)61-58(52)39-49)59(46-23-9-3-10-24-46)55-28-16-15-27-51(55)53-36-42-21-13-14-22-43(42)37-56(53)59/h1-39H. The minimum atomic E-state index is -0.528. The molecular weight excluding hydrogens is 739 g/mol. The fraction of sp³-hybridized carbons (Fsp3) is 0.0169. The molecule has 10 aromatic carbocycles. The Kier molecular flexibility index (Phi) is 8.11. The van der Waals surface area contributed by atoms with E-state index in [1.165, 1.54) is 55.3 Å². The van der Waals surface area contributed by atoms with Crippen molar-refractivity contribution in [1.82, 2.24) is 0 Å². The van der Waals surface area contributed by atoms with Crippen LogP contribution >= 0.6 is 0 Å². The van der Waals surface area contributed by atoms with E-state index in [2.05, 4.69) is 241 Å². The Balaban J connectivity index is 1.05. The molecule has 0 spiro atoms. The third-order valence-electron chi connectivity index (χ3n) is 12.7. The molecule has 12 rings (SSSR count). The van der Waals surface area contributed by atoms with Crippen LogP contribution in [0, 0.1) is 0 Å². The molecule has 2 nitrogen and oxygen atoms in total. The molecule has 1 aromatic heterocycles. The summed E-state index contributed by atoms with van der Waals surface area (Å²) in [5.41, 5.74) is 16.6. The fourth-order valence-corrected chi connectivity index (χ4v) is 9.94. The van der Waals surface area contributed by atoms with Crippen molar-refractivity contribution in [3.8, 4) is 33.4 Å². The smallest absolute Gasteiger partial charge is 0.137 e. The van der Waals surface area contributed by atoms with Crippen molar-refractivity contribution in [1.29, 1.82) is 0 Å². The van der Waals surface area contributed by atoms with Crippen LogP contribution in [0.3, 0.4) is 0 Å². The second-order valence-electron chi connectivity index (χ2n) is 16.1. The quantitative estimate of drug-likeness (QED) is 0.160. The van der Waals surface area contributed by atoms with Gasteiger partial charge in [-0.2, -0.15) is 0 Å². The maximum atomic E-state index is 6.83. The minimum Gasteiger partial charge on any atom is -0.456 e. The monoisotopic (exact) mass is 777 g/mol. The molecule has 0 saturated carbocycles. The molecule has 0 N–H and O–H groups in total. The molecule has 1 atom stereocenters. The molecule has 0 radical (unpaired) electrons. The Morgan fingerprint density at radius 1 is 0.311 bits per heavy atom. The van der Waals surface area contributed by atoms with Gasteiger partial charge in [0, 0.05) is 33.9 Å². The summed E-state index contributed by atoms with van der Waals surface area (Å²) in [6, 6.07) is 85.9. The number of hydrogen-bond donors (Lipinski definition) is 0. The predicted molar refractivity (Wildman–Crippen MR) is 254 cm³/mol. The largest absolute Gasteiger partial charge is 0.456 e. The van der Waals surface area contributed by atoms with Gasteiger partial charge in [0.2, 0.25) is 0 Å². The van der Waals surface area contributed by atoms with E-state index in [4.69, 9.17) is 4.42 Å². The average Bonchev–Trinajstić information content (AvgIpc) is 3.84. The number of furan rings is 1. The first-order valence-corrected chi connectivity index (χ1v) is 21.0. The van der Waals surface area contributed by atoms with Crippen molar-refractivity contribution in [3.63, 3.8) is 0 Å². The predicted octanol–water partition coefficient (Wildman–Crippen LogP) is 15.9. The van der Waals surface area contributed by atoms with E-state index in [0.717, 1.165) is 50.1 Å². The lowest BCUT2D eigenvalue weighted by atomic mass is 9.67. The fourth-order valence-electron chi connectivity index (χ4n) is 9.94. The number of rotatable bonds is 7. The molecule has 1 heterocycles. The molecule has 0 amide bonds. The van der Waals surface area contributed by atoms with Gasteiger partial charge in [-0.3, -0.25) is 0 Å². The number of para-hydroxylation sites is 1. The second-order valence-corrected chi connectivity index (χ2v) is 16.1. The highest BCUT2D eigenvalue weighted by Crippen LogP contribution is 2.57. The highest BCUT2D eigenvalue weighted by molar-refractivity contribution is 6.07. The summed E-state index contributed by atoms with van der Waals surface area (Å²) in [6.45, 7) is 0. The van der Waals surface area contributed by atoms with Crippen LogP contribution in [0.25, 0.3) is 66.1 Å². The summed E-state index contributed by atoms with van der Waals surface area (Å²) in [6.07, 6.45) is 0. The van der Waals surface area contributed by atoms with Crippen molar-refractivity contribution in [3.05, 3.63) is 259 Å². The number of benzene rings is 10. The summed E-state index contributed by atoms with van der Waals surface area (Å²) < 4.78 is 6.83. The zero-order valence-corrected chi connectivity index (χ0v) is 33.4. The first-order valence-electron chi connectivity index (χ1n) is 21.0. The topological polar surface area (TPSA) is 16.4 Å².